The van der Waals surface area contributed by atoms with Crippen LogP contribution in [0.5, 0.6) is 5.75 Å². The highest BCUT2D eigenvalue weighted by Crippen LogP contribution is 2.30. The van der Waals surface area contributed by atoms with Crippen LogP contribution in [0, 0.1) is 0 Å². The third-order valence-corrected chi connectivity index (χ3v) is 3.11. The van der Waals surface area contributed by atoms with Crippen molar-refractivity contribution in [1.29, 1.82) is 0 Å². The van der Waals surface area contributed by atoms with E-state index in [9.17, 15) is 4.79 Å². The van der Waals surface area contributed by atoms with Gasteiger partial charge in [-0.2, -0.15) is 0 Å². The van der Waals surface area contributed by atoms with Gasteiger partial charge in [0, 0.05) is 5.56 Å². The first-order chi connectivity index (χ1) is 10.3. The summed E-state index contributed by atoms with van der Waals surface area (Å²) >= 11 is 0. The third-order valence-electron chi connectivity index (χ3n) is 3.11. The maximum Gasteiger partial charge on any atom is 0.337 e. The molecule has 0 fully saturated rings. The molecule has 0 spiro atoms. The number of hydrogen-bond donors (Lipinski definition) is 1. The van der Waals surface area contributed by atoms with Gasteiger partial charge >= 0.3 is 5.97 Å². The van der Waals surface area contributed by atoms with Crippen molar-refractivity contribution < 1.29 is 14.3 Å². The number of rotatable bonds is 6. The van der Waals surface area contributed by atoms with Gasteiger partial charge in [0.2, 0.25) is 0 Å². The van der Waals surface area contributed by atoms with Crippen molar-refractivity contribution in [2.75, 3.05) is 20.3 Å². The van der Waals surface area contributed by atoms with Gasteiger partial charge in [0.15, 0.2) is 0 Å². The van der Waals surface area contributed by atoms with E-state index >= 15 is 0 Å². The van der Waals surface area contributed by atoms with Crippen LogP contribution >= 0.6 is 0 Å². The Morgan fingerprint density at radius 3 is 2.48 bits per heavy atom. The van der Waals surface area contributed by atoms with Gasteiger partial charge < -0.3 is 15.2 Å². The van der Waals surface area contributed by atoms with E-state index in [1.807, 2.05) is 36.4 Å². The first-order valence-corrected chi connectivity index (χ1v) is 6.87. The van der Waals surface area contributed by atoms with Crippen LogP contribution in [0.3, 0.4) is 0 Å². The average Bonchev–Trinajstić information content (AvgIpc) is 2.55. The minimum Gasteiger partial charge on any atom is -0.493 e. The quantitative estimate of drug-likeness (QED) is 0.655. The predicted octanol–water partition coefficient (Wildman–Crippen LogP) is 2.87. The zero-order chi connectivity index (χ0) is 15.1. The maximum absolute atomic E-state index is 11.4. The Balaban J connectivity index is 2.23. The molecule has 0 saturated heterocycles. The Labute approximate surface area is 124 Å². The van der Waals surface area contributed by atoms with Crippen LogP contribution in [-0.2, 0) is 4.74 Å². The summed E-state index contributed by atoms with van der Waals surface area (Å²) < 4.78 is 10.5. The van der Waals surface area contributed by atoms with Crippen LogP contribution in [0.15, 0.2) is 48.5 Å². The second-order valence-corrected chi connectivity index (χ2v) is 4.56. The largest absolute Gasteiger partial charge is 0.493 e. The molecule has 0 aromatic heterocycles. The number of methoxy groups -OCH3 is 1. The summed E-state index contributed by atoms with van der Waals surface area (Å²) in [6.45, 7) is 1.20. The highest BCUT2D eigenvalue weighted by Gasteiger charge is 2.08. The summed E-state index contributed by atoms with van der Waals surface area (Å²) in [6, 6.07) is 15.1. The van der Waals surface area contributed by atoms with Crippen LogP contribution in [0.25, 0.3) is 11.1 Å². The van der Waals surface area contributed by atoms with E-state index in [1.165, 1.54) is 7.11 Å². The van der Waals surface area contributed by atoms with Gasteiger partial charge in [0.05, 0.1) is 19.3 Å². The lowest BCUT2D eigenvalue weighted by molar-refractivity contribution is 0.0601. The topological polar surface area (TPSA) is 61.5 Å². The molecule has 2 aromatic carbocycles. The first-order valence-electron chi connectivity index (χ1n) is 6.87. The summed E-state index contributed by atoms with van der Waals surface area (Å²) in [5.41, 5.74) is 7.99. The van der Waals surface area contributed by atoms with Crippen molar-refractivity contribution in [2.45, 2.75) is 6.42 Å². The van der Waals surface area contributed by atoms with Crippen LogP contribution in [-0.4, -0.2) is 26.2 Å². The molecule has 0 unspecified atom stereocenters. The summed E-state index contributed by atoms with van der Waals surface area (Å²) in [4.78, 5) is 11.4. The minimum atomic E-state index is -0.339. The van der Waals surface area contributed by atoms with Gasteiger partial charge in [0.1, 0.15) is 5.75 Å². The molecule has 0 amide bonds. The van der Waals surface area contributed by atoms with Gasteiger partial charge in [0.25, 0.3) is 0 Å². The Morgan fingerprint density at radius 1 is 1.10 bits per heavy atom. The fourth-order valence-electron chi connectivity index (χ4n) is 2.00. The van der Waals surface area contributed by atoms with Gasteiger partial charge in [-0.3, -0.25) is 0 Å². The molecule has 4 nitrogen and oxygen atoms in total. The SMILES string of the molecule is COC(=O)c1ccc(-c2ccccc2OCCCN)cc1. The number of para-hydroxylation sites is 1. The van der Waals surface area contributed by atoms with E-state index < -0.39 is 0 Å². The summed E-state index contributed by atoms with van der Waals surface area (Å²) in [5, 5.41) is 0. The molecule has 0 saturated carbocycles. The maximum atomic E-state index is 11.4. The van der Waals surface area contributed by atoms with Crippen molar-refractivity contribution in [2.24, 2.45) is 5.73 Å². The summed E-state index contributed by atoms with van der Waals surface area (Å²) in [6.07, 6.45) is 0.815. The Bertz CT molecular complexity index is 593. The normalized spacial score (nSPS) is 10.2. The fraction of sp³-hybridized carbons (Fsp3) is 0.235. The van der Waals surface area contributed by atoms with E-state index in [1.54, 1.807) is 12.1 Å². The number of benzene rings is 2. The lowest BCUT2D eigenvalue weighted by atomic mass is 10.0. The number of carbonyl (C=O) groups is 1. The van der Waals surface area contributed by atoms with Crippen LogP contribution in [0.4, 0.5) is 0 Å². The van der Waals surface area contributed by atoms with Crippen molar-refractivity contribution in [3.63, 3.8) is 0 Å². The molecule has 0 heterocycles. The molecular formula is C17H19NO3. The molecular weight excluding hydrogens is 266 g/mol. The number of nitrogens with two attached hydrogens (primary N) is 1. The van der Waals surface area contributed by atoms with Crippen molar-refractivity contribution in [3.05, 3.63) is 54.1 Å². The van der Waals surface area contributed by atoms with Crippen molar-refractivity contribution >= 4 is 5.97 Å². The monoisotopic (exact) mass is 285 g/mol. The Hall–Kier alpha value is -2.33. The highest BCUT2D eigenvalue weighted by atomic mass is 16.5. The molecule has 0 aliphatic rings. The number of esters is 1. The number of hydrogen-bond acceptors (Lipinski definition) is 4. The van der Waals surface area contributed by atoms with Crippen LogP contribution < -0.4 is 10.5 Å². The van der Waals surface area contributed by atoms with Crippen molar-refractivity contribution in [1.82, 2.24) is 0 Å². The van der Waals surface area contributed by atoms with E-state index in [0.717, 1.165) is 23.3 Å². The molecule has 0 aliphatic carbocycles. The molecule has 0 bridgehead atoms. The van der Waals surface area contributed by atoms with Gasteiger partial charge in [-0.05, 0) is 36.7 Å². The average molecular weight is 285 g/mol. The molecule has 2 N–H and O–H groups in total. The van der Waals surface area contributed by atoms with E-state index in [2.05, 4.69) is 0 Å². The zero-order valence-electron chi connectivity index (χ0n) is 12.0. The second-order valence-electron chi connectivity index (χ2n) is 4.56. The minimum absolute atomic E-state index is 0.339. The van der Waals surface area contributed by atoms with E-state index in [0.29, 0.717) is 18.7 Å². The second kappa shape index (κ2) is 7.45. The number of ether oxygens (including phenoxy) is 2. The first kappa shape index (κ1) is 15.1. The lowest BCUT2D eigenvalue weighted by Gasteiger charge is -2.11. The van der Waals surface area contributed by atoms with Crippen molar-refractivity contribution in [3.8, 4) is 16.9 Å². The molecule has 21 heavy (non-hydrogen) atoms. The zero-order valence-corrected chi connectivity index (χ0v) is 12.0. The molecule has 2 rings (SSSR count). The van der Waals surface area contributed by atoms with Gasteiger partial charge in [-0.15, -0.1) is 0 Å². The van der Waals surface area contributed by atoms with E-state index in [-0.39, 0.29) is 5.97 Å². The molecule has 4 heteroatoms. The molecule has 110 valence electrons. The van der Waals surface area contributed by atoms with Gasteiger partial charge in [-0.1, -0.05) is 30.3 Å². The summed E-state index contributed by atoms with van der Waals surface area (Å²) in [5.74, 6) is 0.478. The van der Waals surface area contributed by atoms with Crippen LogP contribution in [0.2, 0.25) is 0 Å². The molecule has 0 atom stereocenters. The standard InChI is InChI=1S/C17H19NO3/c1-20-17(19)14-9-7-13(8-10-14)15-5-2-3-6-16(15)21-12-4-11-18/h2-3,5-10H,4,11-12,18H2,1H3. The molecule has 0 aliphatic heterocycles. The fourth-order valence-corrected chi connectivity index (χ4v) is 2.00. The summed E-state index contributed by atoms with van der Waals surface area (Å²) in [7, 11) is 1.37. The Kier molecular flexibility index (Phi) is 5.35. The highest BCUT2D eigenvalue weighted by molar-refractivity contribution is 5.90. The third kappa shape index (κ3) is 3.83. The lowest BCUT2D eigenvalue weighted by Crippen LogP contribution is -2.06. The molecule has 0 radical (unpaired) electrons. The van der Waals surface area contributed by atoms with Gasteiger partial charge in [-0.25, -0.2) is 4.79 Å². The Morgan fingerprint density at radius 2 is 1.81 bits per heavy atom. The molecule has 2 aromatic rings. The van der Waals surface area contributed by atoms with Crippen LogP contribution in [0.1, 0.15) is 16.8 Å². The number of carbonyl (C=O) groups excluding carboxylic acids is 1. The predicted molar refractivity (Wildman–Crippen MR) is 82.4 cm³/mol. The van der Waals surface area contributed by atoms with E-state index in [4.69, 9.17) is 15.2 Å². The smallest absolute Gasteiger partial charge is 0.337 e.